The van der Waals surface area contributed by atoms with E-state index < -0.39 is 11.8 Å². The second-order valence-corrected chi connectivity index (χ2v) is 8.26. The van der Waals surface area contributed by atoms with E-state index in [1.165, 1.54) is 15.3 Å². The zero-order chi connectivity index (χ0) is 19.5. The van der Waals surface area contributed by atoms with Gasteiger partial charge in [0.1, 0.15) is 0 Å². The van der Waals surface area contributed by atoms with E-state index >= 15 is 0 Å². The van der Waals surface area contributed by atoms with Gasteiger partial charge in [0.05, 0.1) is 4.21 Å². The molecule has 0 saturated heterocycles. The molecule has 0 radical (unpaired) electrons. The van der Waals surface area contributed by atoms with E-state index in [1.807, 2.05) is 60.0 Å². The van der Waals surface area contributed by atoms with Gasteiger partial charge in [-0.25, -0.2) is 4.79 Å². The summed E-state index contributed by atoms with van der Waals surface area (Å²) in [6.45, 7) is 0. The summed E-state index contributed by atoms with van der Waals surface area (Å²) in [5.74, 6) is -1.23. The fourth-order valence-electron chi connectivity index (χ4n) is 2.13. The first-order valence-electron chi connectivity index (χ1n) is 8.29. The van der Waals surface area contributed by atoms with E-state index in [0.29, 0.717) is 6.42 Å². The SMILES string of the molecule is Clc1ccc(-c2ccccc2)cc1.O=C(O)C(=O)CCCSc1cccs1. The quantitative estimate of drug-likeness (QED) is 0.278. The lowest BCUT2D eigenvalue weighted by Gasteiger charge is -2.00. The molecule has 27 heavy (non-hydrogen) atoms. The van der Waals surface area contributed by atoms with Crippen LogP contribution in [0.5, 0.6) is 0 Å². The van der Waals surface area contributed by atoms with Gasteiger partial charge >= 0.3 is 5.97 Å². The maximum Gasteiger partial charge on any atom is 0.372 e. The summed E-state index contributed by atoms with van der Waals surface area (Å²) in [5.41, 5.74) is 2.42. The molecule has 0 aliphatic carbocycles. The number of halogens is 1. The van der Waals surface area contributed by atoms with Crippen LogP contribution in [0.1, 0.15) is 12.8 Å². The van der Waals surface area contributed by atoms with Crippen molar-refractivity contribution in [3.05, 3.63) is 77.1 Å². The van der Waals surface area contributed by atoms with E-state index in [-0.39, 0.29) is 6.42 Å². The van der Waals surface area contributed by atoms with Crippen molar-refractivity contribution < 1.29 is 14.7 Å². The Bertz CT molecular complexity index is 832. The van der Waals surface area contributed by atoms with Gasteiger partial charge in [-0.3, -0.25) is 4.79 Å². The molecule has 0 spiro atoms. The smallest absolute Gasteiger partial charge is 0.372 e. The summed E-state index contributed by atoms with van der Waals surface area (Å²) in [4.78, 5) is 20.9. The van der Waals surface area contributed by atoms with Gasteiger partial charge in [0.15, 0.2) is 0 Å². The van der Waals surface area contributed by atoms with E-state index in [2.05, 4.69) is 12.1 Å². The van der Waals surface area contributed by atoms with Crippen LogP contribution in [0.2, 0.25) is 5.02 Å². The number of benzene rings is 2. The molecule has 0 amide bonds. The average Bonchev–Trinajstić information content (AvgIpc) is 3.20. The lowest BCUT2D eigenvalue weighted by Crippen LogP contribution is -2.11. The summed E-state index contributed by atoms with van der Waals surface area (Å²) in [6.07, 6.45) is 0.751. The third-order valence-electron chi connectivity index (χ3n) is 3.48. The normalized spacial score (nSPS) is 9.96. The fourth-order valence-corrected chi connectivity index (χ4v) is 4.06. The third-order valence-corrected chi connectivity index (χ3v) is 5.95. The molecule has 3 nitrogen and oxygen atoms in total. The van der Waals surface area contributed by atoms with Crippen molar-refractivity contribution in [2.75, 3.05) is 5.75 Å². The number of carboxylic acid groups (broad SMARTS) is 1. The van der Waals surface area contributed by atoms with E-state index in [1.54, 1.807) is 23.1 Å². The monoisotopic (exact) mass is 418 g/mol. The van der Waals surface area contributed by atoms with E-state index in [4.69, 9.17) is 16.7 Å². The largest absolute Gasteiger partial charge is 0.476 e. The zero-order valence-corrected chi connectivity index (χ0v) is 16.9. The van der Waals surface area contributed by atoms with Gasteiger partial charge in [0.25, 0.3) is 0 Å². The molecule has 3 aromatic rings. The van der Waals surface area contributed by atoms with Crippen LogP contribution in [0.3, 0.4) is 0 Å². The second-order valence-electron chi connectivity index (χ2n) is 5.49. The Morgan fingerprint density at radius 3 is 2.19 bits per heavy atom. The molecule has 140 valence electrons. The first-order chi connectivity index (χ1) is 13.1. The van der Waals surface area contributed by atoms with Crippen LogP contribution in [0.15, 0.2) is 76.3 Å². The van der Waals surface area contributed by atoms with Crippen LogP contribution in [0.25, 0.3) is 11.1 Å². The fraction of sp³-hybridized carbons (Fsp3) is 0.143. The molecule has 0 aliphatic heterocycles. The number of hydrogen-bond acceptors (Lipinski definition) is 4. The topological polar surface area (TPSA) is 54.4 Å². The Morgan fingerprint density at radius 2 is 1.59 bits per heavy atom. The van der Waals surface area contributed by atoms with Crippen molar-refractivity contribution in [2.24, 2.45) is 0 Å². The lowest BCUT2D eigenvalue weighted by atomic mass is 10.1. The summed E-state index contributed by atoms with van der Waals surface area (Å²) < 4.78 is 1.20. The average molecular weight is 419 g/mol. The molecular weight excluding hydrogens is 400 g/mol. The number of Topliss-reactive ketones (excluding diaryl/α,β-unsaturated/α-hetero) is 1. The molecule has 0 atom stereocenters. The minimum absolute atomic E-state index is 0.133. The predicted octanol–water partition coefficient (Wildman–Crippen LogP) is 6.28. The second kappa shape index (κ2) is 11.6. The number of thiophene rings is 1. The van der Waals surface area contributed by atoms with Crippen molar-refractivity contribution in [1.29, 1.82) is 0 Å². The van der Waals surface area contributed by atoms with Gasteiger partial charge in [0.2, 0.25) is 5.78 Å². The van der Waals surface area contributed by atoms with Gasteiger partial charge < -0.3 is 5.11 Å². The molecule has 0 saturated carbocycles. The number of carbonyl (C=O) groups is 2. The molecule has 3 rings (SSSR count). The molecule has 0 aliphatic rings. The van der Waals surface area contributed by atoms with Crippen LogP contribution in [-0.4, -0.2) is 22.6 Å². The van der Waals surface area contributed by atoms with E-state index in [9.17, 15) is 9.59 Å². The van der Waals surface area contributed by atoms with Gasteiger partial charge in [0, 0.05) is 11.4 Å². The molecule has 0 bridgehead atoms. The number of hydrogen-bond donors (Lipinski definition) is 1. The summed E-state index contributed by atoms with van der Waals surface area (Å²) in [5, 5.41) is 11.1. The van der Waals surface area contributed by atoms with Crippen LogP contribution in [0.4, 0.5) is 0 Å². The summed E-state index contributed by atoms with van der Waals surface area (Å²) >= 11 is 9.10. The maximum absolute atomic E-state index is 10.7. The Labute approximate surface area is 172 Å². The number of ketones is 1. The maximum atomic E-state index is 10.7. The number of rotatable bonds is 7. The molecule has 0 fully saturated rings. The van der Waals surface area contributed by atoms with Gasteiger partial charge in [-0.05, 0) is 46.9 Å². The molecule has 6 heteroatoms. The summed E-state index contributed by atoms with van der Waals surface area (Å²) in [6, 6.07) is 22.1. The standard InChI is InChI=1S/C12H9Cl.C9H10O3S2/c13-12-8-6-11(7-9-12)10-4-2-1-3-5-10;10-7(9(11)12)3-1-5-13-8-4-2-6-14-8/h1-9H;2,4,6H,1,3,5H2,(H,11,12). The Hall–Kier alpha value is -2.08. The highest BCUT2D eigenvalue weighted by molar-refractivity contribution is 8.01. The minimum Gasteiger partial charge on any atom is -0.476 e. The Kier molecular flexibility index (Phi) is 9.11. The van der Waals surface area contributed by atoms with E-state index in [0.717, 1.165) is 10.8 Å². The molecule has 1 heterocycles. The highest BCUT2D eigenvalue weighted by Gasteiger charge is 2.09. The lowest BCUT2D eigenvalue weighted by molar-refractivity contribution is -0.149. The van der Waals surface area contributed by atoms with Crippen molar-refractivity contribution >= 4 is 46.5 Å². The Morgan fingerprint density at radius 1 is 0.926 bits per heavy atom. The van der Waals surface area contributed by atoms with Gasteiger partial charge in [-0.2, -0.15) is 0 Å². The van der Waals surface area contributed by atoms with Crippen molar-refractivity contribution in [2.45, 2.75) is 17.1 Å². The van der Waals surface area contributed by atoms with Crippen molar-refractivity contribution in [3.8, 4) is 11.1 Å². The molecule has 2 aromatic carbocycles. The number of thioether (sulfide) groups is 1. The summed E-state index contributed by atoms with van der Waals surface area (Å²) in [7, 11) is 0. The first kappa shape index (κ1) is 21.2. The highest BCUT2D eigenvalue weighted by Crippen LogP contribution is 2.24. The van der Waals surface area contributed by atoms with Crippen LogP contribution >= 0.6 is 34.7 Å². The number of carboxylic acids is 1. The van der Waals surface area contributed by atoms with Crippen LogP contribution < -0.4 is 0 Å². The number of carbonyl (C=O) groups excluding carboxylic acids is 1. The third kappa shape index (κ3) is 7.99. The van der Waals surface area contributed by atoms with Gasteiger partial charge in [-0.15, -0.1) is 23.1 Å². The van der Waals surface area contributed by atoms with Crippen molar-refractivity contribution in [1.82, 2.24) is 0 Å². The number of aliphatic carboxylic acids is 1. The molecule has 1 N–H and O–H groups in total. The predicted molar refractivity (Wildman–Crippen MR) is 114 cm³/mol. The van der Waals surface area contributed by atoms with Gasteiger partial charge in [-0.1, -0.05) is 60.1 Å². The highest BCUT2D eigenvalue weighted by atomic mass is 35.5. The molecule has 1 aromatic heterocycles. The molecular formula is C21H19ClO3S2. The Balaban J connectivity index is 0.000000194. The van der Waals surface area contributed by atoms with Crippen LogP contribution in [0, 0.1) is 0 Å². The first-order valence-corrected chi connectivity index (χ1v) is 10.5. The van der Waals surface area contributed by atoms with Crippen LogP contribution in [-0.2, 0) is 9.59 Å². The van der Waals surface area contributed by atoms with Crippen molar-refractivity contribution in [3.63, 3.8) is 0 Å². The zero-order valence-electron chi connectivity index (χ0n) is 14.5. The minimum atomic E-state index is -1.33. The molecule has 0 unspecified atom stereocenters.